The topological polar surface area (TPSA) is 63.6 Å². The van der Waals surface area contributed by atoms with E-state index in [0.29, 0.717) is 12.8 Å². The quantitative estimate of drug-likeness (QED) is 0.456. The summed E-state index contributed by atoms with van der Waals surface area (Å²) in [5, 5.41) is 8.70. The van der Waals surface area contributed by atoms with Crippen LogP contribution < -0.4 is 0 Å². The van der Waals surface area contributed by atoms with Gasteiger partial charge in [0.15, 0.2) is 0 Å². The zero-order chi connectivity index (χ0) is 13.1. The lowest BCUT2D eigenvalue weighted by molar-refractivity contribution is -0.134. The molecule has 0 rings (SSSR count). The number of hydrogen-bond acceptors (Lipinski definition) is 3. The van der Waals surface area contributed by atoms with Gasteiger partial charge in [-0.2, -0.15) is 0 Å². The summed E-state index contributed by atoms with van der Waals surface area (Å²) in [6, 6.07) is 0. The minimum atomic E-state index is -2.93. The van der Waals surface area contributed by atoms with E-state index in [1.807, 2.05) is 0 Å². The van der Waals surface area contributed by atoms with Gasteiger partial charge in [0.1, 0.15) is 6.16 Å². The van der Waals surface area contributed by atoms with Gasteiger partial charge < -0.3 is 9.63 Å². The summed E-state index contributed by atoms with van der Waals surface area (Å²) >= 11 is 0. The van der Waals surface area contributed by atoms with Gasteiger partial charge in [0, 0.05) is 6.16 Å². The molecule has 0 aliphatic carbocycles. The van der Waals surface area contributed by atoms with E-state index in [1.165, 1.54) is 19.3 Å². The van der Waals surface area contributed by atoms with E-state index in [1.54, 1.807) is 6.92 Å². The summed E-state index contributed by atoms with van der Waals surface area (Å²) in [4.78, 5) is 10.6. The Bertz CT molecular complexity index is 253. The lowest BCUT2D eigenvalue weighted by Gasteiger charge is -2.15. The molecule has 0 aliphatic rings. The Morgan fingerprint density at radius 3 is 2.24 bits per heavy atom. The predicted molar refractivity (Wildman–Crippen MR) is 70.0 cm³/mol. The van der Waals surface area contributed by atoms with Crippen molar-refractivity contribution in [2.24, 2.45) is 0 Å². The van der Waals surface area contributed by atoms with E-state index in [-0.39, 0.29) is 6.16 Å². The number of rotatable bonds is 11. The van der Waals surface area contributed by atoms with Gasteiger partial charge in [0.05, 0.1) is 6.61 Å². The normalized spacial score (nSPS) is 14.5. The zero-order valence-corrected chi connectivity index (χ0v) is 11.9. The molecule has 0 amide bonds. The smallest absolute Gasteiger partial charge is 0.313 e. The molecular weight excluding hydrogens is 239 g/mol. The van der Waals surface area contributed by atoms with Crippen molar-refractivity contribution < 1.29 is 19.0 Å². The minimum Gasteiger partial charge on any atom is -0.481 e. The third-order valence-electron chi connectivity index (χ3n) is 2.59. The highest BCUT2D eigenvalue weighted by molar-refractivity contribution is 7.59. The van der Waals surface area contributed by atoms with Crippen molar-refractivity contribution in [3.8, 4) is 0 Å². The molecule has 1 N–H and O–H groups in total. The van der Waals surface area contributed by atoms with Crippen LogP contribution in [0.2, 0.25) is 0 Å². The fraction of sp³-hybridized carbons (Fsp3) is 0.917. The molecule has 0 bridgehead atoms. The largest absolute Gasteiger partial charge is 0.481 e. The lowest BCUT2D eigenvalue weighted by Crippen LogP contribution is -2.08. The van der Waals surface area contributed by atoms with Gasteiger partial charge in [-0.15, -0.1) is 0 Å². The molecule has 1 unspecified atom stereocenters. The van der Waals surface area contributed by atoms with Crippen LogP contribution in [0.15, 0.2) is 0 Å². The van der Waals surface area contributed by atoms with Gasteiger partial charge in [-0.05, 0) is 13.3 Å². The first-order valence-electron chi connectivity index (χ1n) is 6.48. The average Bonchev–Trinajstić information content (AvgIpc) is 2.22. The first-order chi connectivity index (χ1) is 8.04. The average molecular weight is 264 g/mol. The highest BCUT2D eigenvalue weighted by Gasteiger charge is 2.25. The van der Waals surface area contributed by atoms with Gasteiger partial charge in [0.25, 0.3) is 0 Å². The van der Waals surface area contributed by atoms with Crippen LogP contribution in [0, 0.1) is 0 Å². The maximum atomic E-state index is 12.1. The van der Waals surface area contributed by atoms with Gasteiger partial charge in [-0.25, -0.2) is 0 Å². The second kappa shape index (κ2) is 9.67. The van der Waals surface area contributed by atoms with Crippen molar-refractivity contribution in [3.63, 3.8) is 0 Å². The Morgan fingerprint density at radius 1 is 1.12 bits per heavy atom. The molecule has 0 aliphatic heterocycles. The monoisotopic (exact) mass is 264 g/mol. The summed E-state index contributed by atoms with van der Waals surface area (Å²) in [5.41, 5.74) is 0. The Kier molecular flexibility index (Phi) is 9.47. The molecule has 5 heteroatoms. The number of carbonyl (C=O) groups is 1. The van der Waals surface area contributed by atoms with Crippen molar-refractivity contribution in [2.75, 3.05) is 18.9 Å². The SMILES string of the molecule is CCCCCCCCP(=O)(CC(=O)O)OCC. The van der Waals surface area contributed by atoms with Crippen molar-refractivity contribution in [2.45, 2.75) is 52.4 Å². The summed E-state index contributed by atoms with van der Waals surface area (Å²) in [6.45, 7) is 4.23. The molecule has 0 heterocycles. The van der Waals surface area contributed by atoms with E-state index >= 15 is 0 Å². The third-order valence-corrected chi connectivity index (χ3v) is 5.07. The van der Waals surface area contributed by atoms with Crippen molar-refractivity contribution in [3.05, 3.63) is 0 Å². The van der Waals surface area contributed by atoms with Crippen molar-refractivity contribution >= 4 is 13.3 Å². The molecule has 0 aromatic carbocycles. The Balaban J connectivity index is 3.84. The molecule has 0 fully saturated rings. The number of carboxylic acid groups (broad SMARTS) is 1. The third kappa shape index (κ3) is 9.37. The minimum absolute atomic E-state index is 0.320. The van der Waals surface area contributed by atoms with Crippen LogP contribution in [0.4, 0.5) is 0 Å². The fourth-order valence-corrected chi connectivity index (χ4v) is 3.73. The second-order valence-corrected chi connectivity index (χ2v) is 6.93. The first-order valence-corrected chi connectivity index (χ1v) is 8.48. The number of carboxylic acids is 1. The Hall–Kier alpha value is -0.340. The molecule has 17 heavy (non-hydrogen) atoms. The molecule has 0 aromatic rings. The highest BCUT2D eigenvalue weighted by Crippen LogP contribution is 2.47. The molecule has 0 saturated carbocycles. The predicted octanol–water partition coefficient (Wildman–Crippen LogP) is 3.75. The summed E-state index contributed by atoms with van der Waals surface area (Å²) in [6.07, 6.45) is 6.65. The van der Waals surface area contributed by atoms with Crippen LogP contribution in [0.3, 0.4) is 0 Å². The number of aliphatic carboxylic acids is 1. The van der Waals surface area contributed by atoms with Gasteiger partial charge in [0.2, 0.25) is 7.37 Å². The number of unbranched alkanes of at least 4 members (excludes halogenated alkanes) is 5. The molecule has 102 valence electrons. The zero-order valence-electron chi connectivity index (χ0n) is 11.0. The van der Waals surface area contributed by atoms with Gasteiger partial charge >= 0.3 is 5.97 Å². The van der Waals surface area contributed by atoms with Crippen LogP contribution in [-0.2, 0) is 13.9 Å². The maximum Gasteiger partial charge on any atom is 0.313 e. The molecular formula is C12H25O4P. The van der Waals surface area contributed by atoms with Crippen LogP contribution in [0.5, 0.6) is 0 Å². The van der Waals surface area contributed by atoms with E-state index in [4.69, 9.17) is 9.63 Å². The summed E-state index contributed by atoms with van der Waals surface area (Å²) in [5.74, 6) is -1.03. The Labute approximate surface area is 104 Å². The molecule has 0 aromatic heterocycles. The molecule has 0 radical (unpaired) electrons. The number of hydrogen-bond donors (Lipinski definition) is 1. The second-order valence-electron chi connectivity index (χ2n) is 4.28. The summed E-state index contributed by atoms with van der Waals surface area (Å²) in [7, 11) is -2.93. The van der Waals surface area contributed by atoms with Crippen molar-refractivity contribution in [1.29, 1.82) is 0 Å². The maximum absolute atomic E-state index is 12.1. The molecule has 1 atom stereocenters. The van der Waals surface area contributed by atoms with Crippen LogP contribution in [-0.4, -0.2) is 30.0 Å². The van der Waals surface area contributed by atoms with E-state index in [2.05, 4.69) is 6.92 Å². The molecule has 0 spiro atoms. The van der Waals surface area contributed by atoms with Crippen LogP contribution in [0.25, 0.3) is 0 Å². The van der Waals surface area contributed by atoms with E-state index in [0.717, 1.165) is 19.3 Å². The molecule has 0 saturated heterocycles. The fourth-order valence-electron chi connectivity index (χ4n) is 1.76. The van der Waals surface area contributed by atoms with E-state index in [9.17, 15) is 9.36 Å². The lowest BCUT2D eigenvalue weighted by atomic mass is 10.1. The van der Waals surface area contributed by atoms with Crippen molar-refractivity contribution in [1.82, 2.24) is 0 Å². The Morgan fingerprint density at radius 2 is 1.71 bits per heavy atom. The molecule has 4 nitrogen and oxygen atoms in total. The van der Waals surface area contributed by atoms with Gasteiger partial charge in [-0.1, -0.05) is 39.0 Å². The highest BCUT2D eigenvalue weighted by atomic mass is 31.2. The van der Waals surface area contributed by atoms with Crippen LogP contribution in [0.1, 0.15) is 52.4 Å². The van der Waals surface area contributed by atoms with Gasteiger partial charge in [-0.3, -0.25) is 9.36 Å². The summed E-state index contributed by atoms with van der Waals surface area (Å²) < 4.78 is 17.3. The standard InChI is InChI=1S/C12H25O4P/c1-3-5-6-7-8-9-10-17(15,16-4-2)11-12(13)14/h3-11H2,1-2H3,(H,13,14). The van der Waals surface area contributed by atoms with Crippen LogP contribution >= 0.6 is 7.37 Å². The first kappa shape index (κ1) is 16.7. The van der Waals surface area contributed by atoms with E-state index < -0.39 is 13.3 Å².